The highest BCUT2D eigenvalue weighted by atomic mass is 19.1. The minimum absolute atomic E-state index is 0.291. The van der Waals surface area contributed by atoms with Crippen LogP contribution in [-0.4, -0.2) is 17.1 Å². The van der Waals surface area contributed by atoms with E-state index in [0.717, 1.165) is 11.3 Å². The van der Waals surface area contributed by atoms with Crippen LogP contribution in [0.1, 0.15) is 5.82 Å². The maximum Gasteiger partial charge on any atom is 0.216 e. The van der Waals surface area contributed by atoms with Gasteiger partial charge in [-0.3, -0.25) is 0 Å². The average Bonchev–Trinajstić information content (AvgIpc) is 2.57. The largest absolute Gasteiger partial charge is 0.481 e. The highest BCUT2D eigenvalue weighted by Gasteiger charge is 2.05. The van der Waals surface area contributed by atoms with Gasteiger partial charge in [-0.1, -0.05) is 0 Å². The zero-order valence-corrected chi connectivity index (χ0v) is 12.8. The molecule has 0 unspecified atom stereocenters. The summed E-state index contributed by atoms with van der Waals surface area (Å²) in [7, 11) is 1.57. The molecule has 0 spiro atoms. The van der Waals surface area contributed by atoms with Crippen LogP contribution in [0.4, 0.5) is 4.39 Å². The van der Waals surface area contributed by atoms with E-state index in [2.05, 4.69) is 9.97 Å². The third-order valence-corrected chi connectivity index (χ3v) is 3.22. The lowest BCUT2D eigenvalue weighted by molar-refractivity contribution is 0.396. The van der Waals surface area contributed by atoms with Gasteiger partial charge in [0, 0.05) is 11.6 Å². The summed E-state index contributed by atoms with van der Waals surface area (Å²) in [4.78, 5) is 8.57. The quantitative estimate of drug-likeness (QED) is 0.717. The SMILES string of the molecule is COc1cc(-c2ccc(Oc3ccc(F)cc3)cc2)nc(C)n1. The van der Waals surface area contributed by atoms with Crippen molar-refractivity contribution in [3.8, 4) is 28.6 Å². The van der Waals surface area contributed by atoms with Crippen LogP contribution in [-0.2, 0) is 0 Å². The third-order valence-electron chi connectivity index (χ3n) is 3.22. The zero-order valence-electron chi connectivity index (χ0n) is 12.8. The van der Waals surface area contributed by atoms with Gasteiger partial charge >= 0.3 is 0 Å². The van der Waals surface area contributed by atoms with Gasteiger partial charge in [0.1, 0.15) is 23.1 Å². The van der Waals surface area contributed by atoms with Crippen molar-refractivity contribution in [3.05, 3.63) is 66.2 Å². The van der Waals surface area contributed by atoms with E-state index in [-0.39, 0.29) is 5.82 Å². The van der Waals surface area contributed by atoms with Crippen molar-refractivity contribution in [3.63, 3.8) is 0 Å². The summed E-state index contributed by atoms with van der Waals surface area (Å²) < 4.78 is 23.7. The molecule has 1 heterocycles. The smallest absolute Gasteiger partial charge is 0.216 e. The fraction of sp³-hybridized carbons (Fsp3) is 0.111. The van der Waals surface area contributed by atoms with Crippen LogP contribution in [0.5, 0.6) is 17.4 Å². The van der Waals surface area contributed by atoms with E-state index in [0.29, 0.717) is 23.2 Å². The van der Waals surface area contributed by atoms with Crippen molar-refractivity contribution in [2.24, 2.45) is 0 Å². The Morgan fingerprint density at radius 3 is 2.09 bits per heavy atom. The molecule has 0 amide bonds. The number of ether oxygens (including phenoxy) is 2. The number of rotatable bonds is 4. The lowest BCUT2D eigenvalue weighted by Crippen LogP contribution is -1.95. The second kappa shape index (κ2) is 6.44. The Morgan fingerprint density at radius 2 is 1.48 bits per heavy atom. The van der Waals surface area contributed by atoms with E-state index in [9.17, 15) is 4.39 Å². The number of hydrogen-bond donors (Lipinski definition) is 0. The molecule has 0 bridgehead atoms. The lowest BCUT2D eigenvalue weighted by atomic mass is 10.1. The van der Waals surface area contributed by atoms with Crippen LogP contribution in [0.3, 0.4) is 0 Å². The molecule has 3 aromatic rings. The summed E-state index contributed by atoms with van der Waals surface area (Å²) >= 11 is 0. The maximum atomic E-state index is 12.9. The summed E-state index contributed by atoms with van der Waals surface area (Å²) in [5.74, 6) is 2.13. The molecule has 0 radical (unpaired) electrons. The molecule has 1 aromatic heterocycles. The fourth-order valence-corrected chi connectivity index (χ4v) is 2.13. The molecule has 23 heavy (non-hydrogen) atoms. The molecule has 0 aliphatic rings. The Balaban J connectivity index is 1.81. The van der Waals surface area contributed by atoms with Crippen LogP contribution >= 0.6 is 0 Å². The van der Waals surface area contributed by atoms with E-state index < -0.39 is 0 Å². The molecule has 5 heteroatoms. The van der Waals surface area contributed by atoms with E-state index in [4.69, 9.17) is 9.47 Å². The van der Waals surface area contributed by atoms with Crippen LogP contribution in [0.25, 0.3) is 11.3 Å². The van der Waals surface area contributed by atoms with Crippen molar-refractivity contribution in [1.29, 1.82) is 0 Å². The fourth-order valence-electron chi connectivity index (χ4n) is 2.13. The van der Waals surface area contributed by atoms with E-state index in [1.165, 1.54) is 12.1 Å². The number of aryl methyl sites for hydroxylation is 1. The van der Waals surface area contributed by atoms with Crippen LogP contribution in [0.15, 0.2) is 54.6 Å². The molecular formula is C18H15FN2O2. The van der Waals surface area contributed by atoms with Gasteiger partial charge in [0.05, 0.1) is 12.8 Å². The summed E-state index contributed by atoms with van der Waals surface area (Å²) in [5.41, 5.74) is 1.71. The molecule has 0 aliphatic carbocycles. The minimum atomic E-state index is -0.291. The summed E-state index contributed by atoms with van der Waals surface area (Å²) in [6, 6.07) is 15.2. The van der Waals surface area contributed by atoms with Crippen LogP contribution < -0.4 is 9.47 Å². The van der Waals surface area contributed by atoms with Crippen molar-refractivity contribution in [2.75, 3.05) is 7.11 Å². The zero-order chi connectivity index (χ0) is 16.2. The van der Waals surface area contributed by atoms with Crippen molar-refractivity contribution < 1.29 is 13.9 Å². The Hall–Kier alpha value is -2.95. The highest BCUT2D eigenvalue weighted by Crippen LogP contribution is 2.26. The Labute approximate surface area is 133 Å². The number of methoxy groups -OCH3 is 1. The average molecular weight is 310 g/mol. The molecule has 4 nitrogen and oxygen atoms in total. The molecule has 0 N–H and O–H groups in total. The van der Waals surface area contributed by atoms with Crippen molar-refractivity contribution >= 4 is 0 Å². The number of hydrogen-bond acceptors (Lipinski definition) is 4. The molecule has 0 saturated heterocycles. The number of benzene rings is 2. The topological polar surface area (TPSA) is 44.2 Å². The van der Waals surface area contributed by atoms with Crippen molar-refractivity contribution in [1.82, 2.24) is 9.97 Å². The van der Waals surface area contributed by atoms with E-state index in [1.54, 1.807) is 25.3 Å². The van der Waals surface area contributed by atoms with Crippen molar-refractivity contribution in [2.45, 2.75) is 6.92 Å². The predicted octanol–water partition coefficient (Wildman–Crippen LogP) is 4.39. The van der Waals surface area contributed by atoms with Gasteiger partial charge < -0.3 is 9.47 Å². The first-order chi connectivity index (χ1) is 11.1. The van der Waals surface area contributed by atoms with Gasteiger partial charge in [0.2, 0.25) is 5.88 Å². The van der Waals surface area contributed by atoms with Gasteiger partial charge in [0.25, 0.3) is 0 Å². The third kappa shape index (κ3) is 3.63. The molecule has 0 saturated carbocycles. The first-order valence-corrected chi connectivity index (χ1v) is 7.07. The minimum Gasteiger partial charge on any atom is -0.481 e. The molecule has 0 fully saturated rings. The van der Waals surface area contributed by atoms with Gasteiger partial charge in [-0.05, 0) is 55.5 Å². The normalized spacial score (nSPS) is 10.4. The Bertz CT molecular complexity index is 802. The second-order valence-corrected chi connectivity index (χ2v) is 4.92. The summed E-state index contributed by atoms with van der Waals surface area (Å²) in [6.45, 7) is 1.82. The second-order valence-electron chi connectivity index (χ2n) is 4.92. The van der Waals surface area contributed by atoms with Gasteiger partial charge in [-0.25, -0.2) is 9.37 Å². The predicted molar refractivity (Wildman–Crippen MR) is 85.2 cm³/mol. The first-order valence-electron chi connectivity index (χ1n) is 7.07. The summed E-state index contributed by atoms with van der Waals surface area (Å²) in [6.07, 6.45) is 0. The summed E-state index contributed by atoms with van der Waals surface area (Å²) in [5, 5.41) is 0. The number of aromatic nitrogens is 2. The molecule has 116 valence electrons. The Kier molecular flexibility index (Phi) is 4.19. The standard InChI is InChI=1S/C18H15FN2O2/c1-12-20-17(11-18(21-12)22-2)13-3-7-15(8-4-13)23-16-9-5-14(19)6-10-16/h3-11H,1-2H3. The molecule has 3 rings (SSSR count). The molecule has 0 atom stereocenters. The number of halogens is 1. The van der Waals surface area contributed by atoms with E-state index in [1.807, 2.05) is 31.2 Å². The molecule has 0 aliphatic heterocycles. The van der Waals surface area contributed by atoms with Gasteiger partial charge in [0.15, 0.2) is 0 Å². The highest BCUT2D eigenvalue weighted by molar-refractivity contribution is 5.61. The Morgan fingerprint density at radius 1 is 0.870 bits per heavy atom. The number of nitrogens with zero attached hydrogens (tertiary/aromatic N) is 2. The molecule has 2 aromatic carbocycles. The van der Waals surface area contributed by atoms with Gasteiger partial charge in [-0.15, -0.1) is 0 Å². The van der Waals surface area contributed by atoms with Crippen LogP contribution in [0, 0.1) is 12.7 Å². The monoisotopic (exact) mass is 310 g/mol. The van der Waals surface area contributed by atoms with Crippen LogP contribution in [0.2, 0.25) is 0 Å². The maximum absolute atomic E-state index is 12.9. The van der Waals surface area contributed by atoms with E-state index >= 15 is 0 Å². The first kappa shape index (κ1) is 15.0. The lowest BCUT2D eigenvalue weighted by Gasteiger charge is -2.08. The van der Waals surface area contributed by atoms with Gasteiger partial charge in [-0.2, -0.15) is 4.98 Å². The molecular weight excluding hydrogens is 295 g/mol.